The van der Waals surface area contributed by atoms with Crippen LogP contribution in [0.4, 0.5) is 16.0 Å². The van der Waals surface area contributed by atoms with Gasteiger partial charge in [0, 0.05) is 43.1 Å². The molecule has 0 spiro atoms. The summed E-state index contributed by atoms with van der Waals surface area (Å²) in [6.45, 7) is 8.20. The lowest BCUT2D eigenvalue weighted by atomic mass is 10.1. The van der Waals surface area contributed by atoms with Gasteiger partial charge in [0.1, 0.15) is 5.82 Å². The molecule has 2 heterocycles. The van der Waals surface area contributed by atoms with Crippen molar-refractivity contribution < 1.29 is 9.18 Å². The van der Waals surface area contributed by atoms with Gasteiger partial charge < -0.3 is 9.80 Å². The third-order valence-corrected chi connectivity index (χ3v) is 4.23. The van der Waals surface area contributed by atoms with Gasteiger partial charge in [0.2, 0.25) is 5.95 Å². The Morgan fingerprint density at radius 2 is 1.58 bits per heavy atom. The first-order valence-electron chi connectivity index (χ1n) is 8.07. The van der Waals surface area contributed by atoms with Crippen molar-refractivity contribution in [2.75, 3.05) is 36.0 Å². The Bertz CT molecular complexity index is 749. The highest BCUT2D eigenvalue weighted by Crippen LogP contribution is 2.23. The molecule has 24 heavy (non-hydrogen) atoms. The molecule has 0 atom stereocenters. The maximum atomic E-state index is 14.3. The van der Waals surface area contributed by atoms with Gasteiger partial charge in [-0.3, -0.25) is 4.79 Å². The monoisotopic (exact) mass is 328 g/mol. The van der Waals surface area contributed by atoms with E-state index in [0.717, 1.165) is 30.4 Å². The van der Waals surface area contributed by atoms with E-state index >= 15 is 0 Å². The van der Waals surface area contributed by atoms with E-state index in [1.165, 1.54) is 13.0 Å². The number of ketones is 1. The maximum absolute atomic E-state index is 14.3. The second kappa shape index (κ2) is 6.55. The van der Waals surface area contributed by atoms with Crippen molar-refractivity contribution in [2.45, 2.75) is 20.8 Å². The first kappa shape index (κ1) is 16.4. The van der Waals surface area contributed by atoms with Crippen LogP contribution < -0.4 is 9.80 Å². The fourth-order valence-corrected chi connectivity index (χ4v) is 2.98. The number of hydrogen-bond donors (Lipinski definition) is 0. The summed E-state index contributed by atoms with van der Waals surface area (Å²) in [7, 11) is 0. The van der Waals surface area contributed by atoms with Crippen LogP contribution in [0.25, 0.3) is 0 Å². The van der Waals surface area contributed by atoms with Gasteiger partial charge >= 0.3 is 0 Å². The molecule has 1 aromatic carbocycles. The number of benzene rings is 1. The van der Waals surface area contributed by atoms with E-state index < -0.39 is 0 Å². The molecule has 0 unspecified atom stereocenters. The largest absolute Gasteiger partial charge is 0.366 e. The van der Waals surface area contributed by atoms with Gasteiger partial charge in [0.05, 0.1) is 5.69 Å². The lowest BCUT2D eigenvalue weighted by Crippen LogP contribution is -2.47. The van der Waals surface area contributed by atoms with Crippen molar-refractivity contribution in [3.8, 4) is 0 Å². The van der Waals surface area contributed by atoms with Crippen LogP contribution in [0.1, 0.15) is 28.7 Å². The second-order valence-corrected chi connectivity index (χ2v) is 6.15. The lowest BCUT2D eigenvalue weighted by Gasteiger charge is -2.36. The van der Waals surface area contributed by atoms with Crippen molar-refractivity contribution in [2.24, 2.45) is 0 Å². The molecule has 0 amide bonds. The molecule has 0 aliphatic carbocycles. The Labute approximate surface area is 141 Å². The van der Waals surface area contributed by atoms with E-state index in [0.29, 0.717) is 24.3 Å². The van der Waals surface area contributed by atoms with Crippen molar-refractivity contribution >= 4 is 17.4 Å². The zero-order valence-electron chi connectivity index (χ0n) is 14.2. The molecular formula is C18H21FN4O. The summed E-state index contributed by atoms with van der Waals surface area (Å²) in [4.78, 5) is 24.4. The predicted octanol–water partition coefficient (Wildman–Crippen LogP) is 2.76. The predicted molar refractivity (Wildman–Crippen MR) is 92.3 cm³/mol. The maximum Gasteiger partial charge on any atom is 0.225 e. The number of aryl methyl sites for hydroxylation is 2. The molecule has 0 radical (unpaired) electrons. The average molecular weight is 328 g/mol. The van der Waals surface area contributed by atoms with Crippen LogP contribution >= 0.6 is 0 Å². The molecule has 1 aliphatic heterocycles. The minimum Gasteiger partial charge on any atom is -0.366 e. The Balaban J connectivity index is 1.72. The fourth-order valence-electron chi connectivity index (χ4n) is 2.98. The minimum absolute atomic E-state index is 0.128. The number of halogens is 1. The van der Waals surface area contributed by atoms with Crippen molar-refractivity contribution in [1.82, 2.24) is 9.97 Å². The zero-order chi connectivity index (χ0) is 17.3. The molecule has 2 aromatic rings. The number of carbonyl (C=O) groups excluding carboxylic acids is 1. The summed E-state index contributed by atoms with van der Waals surface area (Å²) in [5, 5.41) is 0. The summed E-state index contributed by atoms with van der Waals surface area (Å²) < 4.78 is 14.3. The fraction of sp³-hybridized carbons (Fsp3) is 0.389. The number of Topliss-reactive ketones (excluding diaryl/α,β-unsaturated/α-hetero) is 1. The van der Waals surface area contributed by atoms with E-state index in [1.54, 1.807) is 12.1 Å². The Morgan fingerprint density at radius 1 is 1.00 bits per heavy atom. The van der Waals surface area contributed by atoms with Crippen LogP contribution in [0.15, 0.2) is 24.3 Å². The van der Waals surface area contributed by atoms with Crippen molar-refractivity contribution in [3.05, 3.63) is 47.0 Å². The van der Waals surface area contributed by atoms with Gasteiger partial charge in [0.15, 0.2) is 5.78 Å². The molecule has 5 nitrogen and oxygen atoms in total. The number of anilines is 2. The molecule has 0 saturated carbocycles. The van der Waals surface area contributed by atoms with Gasteiger partial charge in [-0.15, -0.1) is 0 Å². The second-order valence-electron chi connectivity index (χ2n) is 6.15. The number of rotatable bonds is 3. The van der Waals surface area contributed by atoms with Crippen molar-refractivity contribution in [3.63, 3.8) is 0 Å². The quantitative estimate of drug-likeness (QED) is 0.811. The first-order chi connectivity index (χ1) is 11.4. The average Bonchev–Trinajstić information content (AvgIpc) is 2.54. The smallest absolute Gasteiger partial charge is 0.225 e. The van der Waals surface area contributed by atoms with E-state index in [1.807, 2.05) is 24.8 Å². The highest BCUT2D eigenvalue weighted by molar-refractivity contribution is 5.94. The number of hydrogen-bond acceptors (Lipinski definition) is 5. The highest BCUT2D eigenvalue weighted by Gasteiger charge is 2.21. The summed E-state index contributed by atoms with van der Waals surface area (Å²) >= 11 is 0. The molecule has 1 aromatic heterocycles. The molecule has 3 rings (SSSR count). The molecule has 0 bridgehead atoms. The molecule has 6 heteroatoms. The third-order valence-electron chi connectivity index (χ3n) is 4.23. The van der Waals surface area contributed by atoms with Crippen LogP contribution in [0.5, 0.6) is 0 Å². The normalized spacial score (nSPS) is 14.8. The standard InChI is InChI=1S/C18H21FN4O/c1-12-10-13(2)21-18(20-12)23-8-6-22(7-9-23)17-5-4-15(14(3)24)11-16(17)19/h4-5,10-11H,6-9H2,1-3H3. The van der Waals surface area contributed by atoms with Crippen LogP contribution in [0.3, 0.4) is 0 Å². The Hall–Kier alpha value is -2.50. The van der Waals surface area contributed by atoms with Gasteiger partial charge in [-0.05, 0) is 45.0 Å². The molecular weight excluding hydrogens is 307 g/mol. The molecule has 1 fully saturated rings. The van der Waals surface area contributed by atoms with Crippen molar-refractivity contribution in [1.29, 1.82) is 0 Å². The molecule has 0 N–H and O–H groups in total. The topological polar surface area (TPSA) is 49.3 Å². The van der Waals surface area contributed by atoms with E-state index in [-0.39, 0.29) is 11.6 Å². The van der Waals surface area contributed by atoms with E-state index in [9.17, 15) is 9.18 Å². The van der Waals surface area contributed by atoms with Gasteiger partial charge in [0.25, 0.3) is 0 Å². The number of nitrogens with zero attached hydrogens (tertiary/aromatic N) is 4. The zero-order valence-corrected chi connectivity index (χ0v) is 14.2. The Kier molecular flexibility index (Phi) is 4.46. The summed E-state index contributed by atoms with van der Waals surface area (Å²) in [6, 6.07) is 6.64. The first-order valence-corrected chi connectivity index (χ1v) is 8.07. The summed E-state index contributed by atoms with van der Waals surface area (Å²) in [5.74, 6) is 0.260. The van der Waals surface area contributed by atoms with Crippen LogP contribution in [-0.4, -0.2) is 41.9 Å². The van der Waals surface area contributed by atoms with Gasteiger partial charge in [-0.1, -0.05) is 0 Å². The van der Waals surface area contributed by atoms with E-state index in [2.05, 4.69) is 14.9 Å². The minimum atomic E-state index is -0.348. The highest BCUT2D eigenvalue weighted by atomic mass is 19.1. The molecule has 1 aliphatic rings. The summed E-state index contributed by atoms with van der Waals surface area (Å²) in [5.41, 5.74) is 2.84. The SMILES string of the molecule is CC(=O)c1ccc(N2CCN(c3nc(C)cc(C)n3)CC2)c(F)c1. The van der Waals surface area contributed by atoms with Gasteiger partial charge in [-0.25, -0.2) is 14.4 Å². The number of carbonyl (C=O) groups is 1. The Morgan fingerprint density at radius 3 is 2.12 bits per heavy atom. The van der Waals surface area contributed by atoms with Gasteiger partial charge in [-0.2, -0.15) is 0 Å². The third kappa shape index (κ3) is 3.37. The van der Waals surface area contributed by atoms with Crippen LogP contribution in [0, 0.1) is 19.7 Å². The molecule has 126 valence electrons. The number of piperazine rings is 1. The lowest BCUT2D eigenvalue weighted by molar-refractivity contribution is 0.101. The van der Waals surface area contributed by atoms with Crippen LogP contribution in [0.2, 0.25) is 0 Å². The summed E-state index contributed by atoms with van der Waals surface area (Å²) in [6.07, 6.45) is 0. The van der Waals surface area contributed by atoms with Crippen LogP contribution in [-0.2, 0) is 0 Å². The molecule has 1 saturated heterocycles. The van der Waals surface area contributed by atoms with E-state index in [4.69, 9.17) is 0 Å². The number of aromatic nitrogens is 2.